The molecule has 6 aromatic heterocycles. The first kappa shape index (κ1) is 55.4. The first-order chi connectivity index (χ1) is 45.1. The first-order valence-corrected chi connectivity index (χ1v) is 30.0. The maximum absolute atomic E-state index is 16.7. The van der Waals surface area contributed by atoms with E-state index in [1.54, 1.807) is 37.6 Å². The summed E-state index contributed by atoms with van der Waals surface area (Å²) < 4.78 is 84.3. The Morgan fingerprint density at radius 3 is 0.935 bits per heavy atom. The summed E-state index contributed by atoms with van der Waals surface area (Å²) >= 11 is 0. The van der Waals surface area contributed by atoms with E-state index >= 15 is 22.0 Å². The van der Waals surface area contributed by atoms with Crippen LogP contribution in [-0.4, -0.2) is 29.1 Å². The number of fused-ring (bicyclic) bond motifs is 6. The van der Waals surface area contributed by atoms with Crippen molar-refractivity contribution >= 4 is 43.6 Å². The summed E-state index contributed by atoms with van der Waals surface area (Å²) in [5.74, 6) is -10.2. The molecular formula is C81H49F5N6. The summed E-state index contributed by atoms with van der Waals surface area (Å²) in [6, 6.07) is 84.4. The number of halogens is 5. The van der Waals surface area contributed by atoms with Crippen molar-refractivity contribution in [2.75, 3.05) is 0 Å². The molecule has 0 unspecified atom stereocenters. The van der Waals surface area contributed by atoms with E-state index in [-0.39, 0.29) is 11.1 Å². The molecule has 6 heterocycles. The standard InChI is InChI=1S/C81H49F5N6/c1-48-38-74(91-70-29-25-53(57-30-34-87-66(40-57)49-14-6-2-7-15-49)39-65(70)63-28-24-56(46-73(63)91)60-33-37-90-69(43-60)52-20-12-5-13-21-52)75(47-64(48)76-77(82)79(84)81(86)80(85)78(76)83)92-71-44-54(58-31-35-88-67(41-58)50-16-8-3-9-17-50)22-26-61(71)62-27-23-55(45-72(62)92)59-32-36-89-68(42-59)51-18-10-4-11-19-51/h2-47H,1H3. The topological polar surface area (TPSA) is 61.4 Å². The van der Waals surface area contributed by atoms with Gasteiger partial charge in [0.15, 0.2) is 23.3 Å². The largest absolute Gasteiger partial charge is 0.307 e. The van der Waals surface area contributed by atoms with Crippen LogP contribution < -0.4 is 0 Å². The van der Waals surface area contributed by atoms with Gasteiger partial charge in [0, 0.05) is 68.6 Å². The van der Waals surface area contributed by atoms with Crippen LogP contribution in [0.2, 0.25) is 0 Å². The van der Waals surface area contributed by atoms with Gasteiger partial charge in [-0.25, -0.2) is 22.0 Å². The fraction of sp³-hybridized carbons (Fsp3) is 0.0123. The minimum absolute atomic E-state index is 0.192. The number of nitrogens with zero attached hydrogens (tertiary/aromatic N) is 6. The maximum atomic E-state index is 16.7. The molecule has 0 amide bonds. The Kier molecular flexibility index (Phi) is 13.6. The molecule has 0 atom stereocenters. The third-order valence-electron chi connectivity index (χ3n) is 17.5. The van der Waals surface area contributed by atoms with E-state index in [4.69, 9.17) is 19.9 Å². The van der Waals surface area contributed by atoms with Gasteiger partial charge in [0.25, 0.3) is 0 Å². The van der Waals surface area contributed by atoms with Gasteiger partial charge in [-0.2, -0.15) is 0 Å². The van der Waals surface area contributed by atoms with Crippen molar-refractivity contribution in [3.63, 3.8) is 0 Å². The number of aromatic nitrogens is 6. The molecule has 0 aliphatic heterocycles. The van der Waals surface area contributed by atoms with E-state index < -0.39 is 34.6 Å². The average molecular weight is 1200 g/mol. The number of aryl methyl sites for hydroxylation is 1. The molecule has 0 bridgehead atoms. The van der Waals surface area contributed by atoms with Crippen molar-refractivity contribution in [3.8, 4) is 112 Å². The normalized spacial score (nSPS) is 11.6. The van der Waals surface area contributed by atoms with Gasteiger partial charge < -0.3 is 9.13 Å². The van der Waals surface area contributed by atoms with Crippen molar-refractivity contribution in [2.24, 2.45) is 0 Å². The van der Waals surface area contributed by atoms with Crippen molar-refractivity contribution in [1.82, 2.24) is 29.1 Å². The van der Waals surface area contributed by atoms with E-state index in [0.717, 1.165) is 122 Å². The summed E-state index contributed by atoms with van der Waals surface area (Å²) in [5.41, 5.74) is 16.9. The molecule has 438 valence electrons. The summed E-state index contributed by atoms with van der Waals surface area (Å²) in [4.78, 5) is 19.0. The van der Waals surface area contributed by atoms with Gasteiger partial charge in [-0.3, -0.25) is 19.9 Å². The lowest BCUT2D eigenvalue weighted by molar-refractivity contribution is 0.381. The second kappa shape index (κ2) is 22.6. The Balaban J connectivity index is 1.01. The number of benzene rings is 10. The van der Waals surface area contributed by atoms with Crippen LogP contribution in [0.15, 0.2) is 280 Å². The molecule has 0 saturated heterocycles. The first-order valence-electron chi connectivity index (χ1n) is 30.0. The monoisotopic (exact) mass is 1200 g/mol. The quantitative estimate of drug-likeness (QED) is 0.0735. The Bertz CT molecular complexity index is 5420. The molecule has 0 saturated carbocycles. The molecular weight excluding hydrogens is 1150 g/mol. The van der Waals surface area contributed by atoms with Crippen LogP contribution in [0.3, 0.4) is 0 Å². The molecule has 0 N–H and O–H groups in total. The molecule has 0 fully saturated rings. The molecule has 16 rings (SSSR count). The number of hydrogen-bond acceptors (Lipinski definition) is 4. The lowest BCUT2D eigenvalue weighted by Gasteiger charge is -2.21. The van der Waals surface area contributed by atoms with Gasteiger partial charge in [-0.15, -0.1) is 0 Å². The summed E-state index contributed by atoms with van der Waals surface area (Å²) in [6.45, 7) is 1.64. The minimum Gasteiger partial charge on any atom is -0.307 e. The Labute approximate surface area is 525 Å². The third-order valence-corrected chi connectivity index (χ3v) is 17.5. The minimum atomic E-state index is -2.24. The van der Waals surface area contributed by atoms with Crippen molar-refractivity contribution in [3.05, 3.63) is 314 Å². The third kappa shape index (κ3) is 9.57. The zero-order valence-corrected chi connectivity index (χ0v) is 49.1. The highest BCUT2D eigenvalue weighted by atomic mass is 19.2. The predicted molar refractivity (Wildman–Crippen MR) is 360 cm³/mol. The Hall–Kier alpha value is -12.0. The molecule has 11 heteroatoms. The van der Waals surface area contributed by atoms with Gasteiger partial charge >= 0.3 is 0 Å². The van der Waals surface area contributed by atoms with Crippen molar-refractivity contribution in [1.29, 1.82) is 0 Å². The van der Waals surface area contributed by atoms with Crippen LogP contribution in [-0.2, 0) is 0 Å². The van der Waals surface area contributed by atoms with Crippen molar-refractivity contribution < 1.29 is 22.0 Å². The fourth-order valence-electron chi connectivity index (χ4n) is 12.9. The number of pyridine rings is 4. The van der Waals surface area contributed by atoms with Crippen LogP contribution >= 0.6 is 0 Å². The molecule has 0 aliphatic rings. The number of rotatable bonds is 11. The van der Waals surface area contributed by atoms with E-state index in [1.165, 1.54) is 0 Å². The molecule has 0 radical (unpaired) electrons. The van der Waals surface area contributed by atoms with E-state index in [2.05, 4.69) is 94.1 Å². The second-order valence-corrected chi connectivity index (χ2v) is 22.9. The van der Waals surface area contributed by atoms with Gasteiger partial charge in [0.05, 0.1) is 61.8 Å². The summed E-state index contributed by atoms with van der Waals surface area (Å²) in [6.07, 6.45) is 7.18. The summed E-state index contributed by atoms with van der Waals surface area (Å²) in [7, 11) is 0. The van der Waals surface area contributed by atoms with Gasteiger partial charge in [-0.05, 0) is 154 Å². The molecule has 10 aromatic carbocycles. The highest BCUT2D eigenvalue weighted by Crippen LogP contribution is 2.46. The smallest absolute Gasteiger partial charge is 0.200 e. The molecule has 16 aromatic rings. The highest BCUT2D eigenvalue weighted by Gasteiger charge is 2.30. The van der Waals surface area contributed by atoms with Crippen LogP contribution in [0.25, 0.3) is 156 Å². The van der Waals surface area contributed by atoms with E-state index in [0.29, 0.717) is 22.4 Å². The highest BCUT2D eigenvalue weighted by molar-refractivity contribution is 6.14. The zero-order chi connectivity index (χ0) is 62.1. The molecule has 0 spiro atoms. The van der Waals surface area contributed by atoms with Gasteiger partial charge in [0.2, 0.25) is 5.82 Å². The maximum Gasteiger partial charge on any atom is 0.200 e. The average Bonchev–Trinajstić information content (AvgIpc) is 1.56. The number of hydrogen-bond donors (Lipinski definition) is 0. The predicted octanol–water partition coefficient (Wildman–Crippen LogP) is 21.5. The Morgan fingerprint density at radius 2 is 0.554 bits per heavy atom. The lowest BCUT2D eigenvalue weighted by atomic mass is 9.96. The van der Waals surface area contributed by atoms with Crippen LogP contribution in [0.1, 0.15) is 5.56 Å². The van der Waals surface area contributed by atoms with Gasteiger partial charge in [0.1, 0.15) is 0 Å². The van der Waals surface area contributed by atoms with Crippen molar-refractivity contribution in [2.45, 2.75) is 6.92 Å². The molecule has 6 nitrogen and oxygen atoms in total. The van der Waals surface area contributed by atoms with Gasteiger partial charge in [-0.1, -0.05) is 164 Å². The van der Waals surface area contributed by atoms with Crippen LogP contribution in [0.4, 0.5) is 22.0 Å². The molecule has 92 heavy (non-hydrogen) atoms. The second-order valence-electron chi connectivity index (χ2n) is 22.9. The fourth-order valence-corrected chi connectivity index (χ4v) is 12.9. The van der Waals surface area contributed by atoms with E-state index in [9.17, 15) is 0 Å². The molecule has 0 aliphatic carbocycles. The van der Waals surface area contributed by atoms with E-state index in [1.807, 2.05) is 164 Å². The lowest BCUT2D eigenvalue weighted by Crippen LogP contribution is -2.08. The van der Waals surface area contributed by atoms with Crippen LogP contribution in [0, 0.1) is 36.0 Å². The van der Waals surface area contributed by atoms with Crippen LogP contribution in [0.5, 0.6) is 0 Å². The zero-order valence-electron chi connectivity index (χ0n) is 49.1. The SMILES string of the molecule is Cc1cc(-n2c3ccc(-c4ccnc(-c5ccccc5)c4)cc3c3ccc(-c4ccnc(-c5ccccc5)c4)cc32)c(-n2c3cc(-c4ccnc(-c5ccccc5)c4)ccc3c3ccc(-c4ccnc(-c5ccccc5)c4)cc32)cc1-c1c(F)c(F)c(F)c(F)c1F. The Morgan fingerprint density at radius 1 is 0.250 bits per heavy atom. The summed E-state index contributed by atoms with van der Waals surface area (Å²) in [5, 5.41) is 3.45.